The topological polar surface area (TPSA) is 58.6 Å². The van der Waals surface area contributed by atoms with Crippen molar-refractivity contribution in [3.05, 3.63) is 0 Å². The number of hydrogen-bond donors (Lipinski definition) is 1. The first-order valence-corrected chi connectivity index (χ1v) is 7.89. The molecule has 0 saturated carbocycles. The van der Waals surface area contributed by atoms with Crippen LogP contribution in [0.2, 0.25) is 0 Å². The van der Waals surface area contributed by atoms with Gasteiger partial charge in [0.2, 0.25) is 11.8 Å². The molecule has 2 fully saturated rings. The Morgan fingerprint density at radius 3 is 2.70 bits per heavy atom. The minimum Gasteiger partial charge on any atom is -0.376 e. The van der Waals surface area contributed by atoms with Gasteiger partial charge in [-0.05, 0) is 32.1 Å². The van der Waals surface area contributed by atoms with Crippen molar-refractivity contribution < 1.29 is 14.3 Å². The van der Waals surface area contributed by atoms with E-state index < -0.39 is 0 Å². The monoisotopic (exact) mass is 282 g/mol. The molecule has 2 rings (SSSR count). The van der Waals surface area contributed by atoms with Crippen LogP contribution in [0.4, 0.5) is 0 Å². The molecule has 2 heterocycles. The van der Waals surface area contributed by atoms with Crippen molar-refractivity contribution in [1.82, 2.24) is 10.2 Å². The highest BCUT2D eigenvalue weighted by atomic mass is 16.5. The van der Waals surface area contributed by atoms with Crippen molar-refractivity contribution in [2.45, 2.75) is 70.6 Å². The Morgan fingerprint density at radius 2 is 2.10 bits per heavy atom. The van der Waals surface area contributed by atoms with E-state index in [0.29, 0.717) is 19.4 Å². The zero-order valence-corrected chi connectivity index (χ0v) is 12.6. The summed E-state index contributed by atoms with van der Waals surface area (Å²) in [5, 5.41) is 2.86. The third-order valence-electron chi connectivity index (χ3n) is 4.21. The maximum Gasteiger partial charge on any atom is 0.245 e. The first-order chi connectivity index (χ1) is 9.67. The van der Waals surface area contributed by atoms with Crippen LogP contribution in [0, 0.1) is 0 Å². The van der Waals surface area contributed by atoms with E-state index in [0.717, 1.165) is 32.3 Å². The van der Waals surface area contributed by atoms with Crippen LogP contribution in [0.15, 0.2) is 0 Å². The first-order valence-electron chi connectivity index (χ1n) is 7.89. The lowest BCUT2D eigenvalue weighted by Crippen LogP contribution is -2.64. The van der Waals surface area contributed by atoms with Gasteiger partial charge in [0, 0.05) is 13.2 Å². The van der Waals surface area contributed by atoms with Gasteiger partial charge in [-0.3, -0.25) is 9.59 Å². The van der Waals surface area contributed by atoms with Gasteiger partial charge in [-0.1, -0.05) is 20.3 Å². The predicted molar refractivity (Wildman–Crippen MR) is 76.2 cm³/mol. The third kappa shape index (κ3) is 3.32. The molecule has 0 aromatic carbocycles. The summed E-state index contributed by atoms with van der Waals surface area (Å²) in [5.74, 6) is 0.0498. The average Bonchev–Trinajstić information content (AvgIpc) is 2.46. The molecule has 5 heteroatoms. The van der Waals surface area contributed by atoms with E-state index in [1.807, 2.05) is 13.8 Å². The molecule has 0 radical (unpaired) electrons. The molecule has 1 N–H and O–H groups in total. The maximum atomic E-state index is 12.6. The van der Waals surface area contributed by atoms with Gasteiger partial charge in [0.1, 0.15) is 12.1 Å². The number of nitrogens with one attached hydrogen (secondary N) is 1. The van der Waals surface area contributed by atoms with Gasteiger partial charge in [0.15, 0.2) is 0 Å². The van der Waals surface area contributed by atoms with Crippen molar-refractivity contribution >= 4 is 11.8 Å². The van der Waals surface area contributed by atoms with Crippen LogP contribution in [0.5, 0.6) is 0 Å². The smallest absolute Gasteiger partial charge is 0.245 e. The summed E-state index contributed by atoms with van der Waals surface area (Å²) in [6.07, 6.45) is 5.58. The van der Waals surface area contributed by atoms with E-state index in [2.05, 4.69) is 5.32 Å². The average molecular weight is 282 g/mol. The number of ether oxygens (including phenoxy) is 1. The van der Waals surface area contributed by atoms with Gasteiger partial charge in [0.05, 0.1) is 6.10 Å². The first kappa shape index (κ1) is 15.3. The normalized spacial score (nSPS) is 31.3. The fourth-order valence-electron chi connectivity index (χ4n) is 3.10. The molecule has 0 bridgehead atoms. The third-order valence-corrected chi connectivity index (χ3v) is 4.21. The number of amides is 2. The van der Waals surface area contributed by atoms with Crippen LogP contribution in [0.3, 0.4) is 0 Å². The van der Waals surface area contributed by atoms with E-state index in [4.69, 9.17) is 4.74 Å². The summed E-state index contributed by atoms with van der Waals surface area (Å²) in [6, 6.07) is -0.681. The molecule has 0 aromatic rings. The number of carbonyl (C=O) groups is 2. The van der Waals surface area contributed by atoms with Gasteiger partial charge in [0.25, 0.3) is 0 Å². The van der Waals surface area contributed by atoms with E-state index >= 15 is 0 Å². The van der Waals surface area contributed by atoms with Crippen LogP contribution in [-0.4, -0.2) is 48.1 Å². The van der Waals surface area contributed by atoms with Crippen molar-refractivity contribution in [2.24, 2.45) is 0 Å². The summed E-state index contributed by atoms with van der Waals surface area (Å²) in [6.45, 7) is 5.31. The minimum atomic E-state index is -0.348. The maximum absolute atomic E-state index is 12.6. The van der Waals surface area contributed by atoms with Crippen LogP contribution in [-0.2, 0) is 14.3 Å². The van der Waals surface area contributed by atoms with Crippen molar-refractivity contribution in [2.75, 3.05) is 13.2 Å². The fourth-order valence-corrected chi connectivity index (χ4v) is 3.10. The van der Waals surface area contributed by atoms with E-state index in [9.17, 15) is 9.59 Å². The lowest BCUT2D eigenvalue weighted by atomic mass is 10.00. The Hall–Kier alpha value is -1.10. The molecule has 20 heavy (non-hydrogen) atoms. The van der Waals surface area contributed by atoms with Gasteiger partial charge in [-0.15, -0.1) is 0 Å². The molecule has 2 saturated heterocycles. The lowest BCUT2D eigenvalue weighted by molar-refractivity contribution is -0.152. The second-order valence-corrected chi connectivity index (χ2v) is 5.75. The fraction of sp³-hybridized carbons (Fsp3) is 0.867. The molecular formula is C15H26N2O3. The Kier molecular flexibility index (Phi) is 5.40. The Bertz CT molecular complexity index is 353. The molecule has 2 amide bonds. The van der Waals surface area contributed by atoms with Gasteiger partial charge < -0.3 is 15.0 Å². The van der Waals surface area contributed by atoms with Crippen LogP contribution in [0.1, 0.15) is 52.4 Å². The van der Waals surface area contributed by atoms with Crippen molar-refractivity contribution in [3.63, 3.8) is 0 Å². The molecule has 0 aliphatic carbocycles. The standard InChI is InChI=1S/C15H26N2O3/c1-3-7-12-15(19)17(13(4-2)14(18)16-12)10-11-8-5-6-9-20-11/h11-13H,3-10H2,1-2H3,(H,16,18). The summed E-state index contributed by atoms with van der Waals surface area (Å²) in [7, 11) is 0. The Morgan fingerprint density at radius 1 is 1.30 bits per heavy atom. The van der Waals surface area contributed by atoms with Gasteiger partial charge >= 0.3 is 0 Å². The lowest BCUT2D eigenvalue weighted by Gasteiger charge is -2.40. The number of piperazine rings is 1. The van der Waals surface area contributed by atoms with Crippen LogP contribution >= 0.6 is 0 Å². The molecule has 5 nitrogen and oxygen atoms in total. The number of hydrogen-bond acceptors (Lipinski definition) is 3. The SMILES string of the molecule is CCCC1NC(=O)C(CC)N(CC2CCCCO2)C1=O. The predicted octanol–water partition coefficient (Wildman–Crippen LogP) is 1.46. The zero-order chi connectivity index (χ0) is 14.5. The number of nitrogens with zero attached hydrogens (tertiary/aromatic N) is 1. The van der Waals surface area contributed by atoms with E-state index in [1.165, 1.54) is 0 Å². The van der Waals surface area contributed by atoms with E-state index in [-0.39, 0.29) is 30.0 Å². The Balaban J connectivity index is 2.06. The van der Waals surface area contributed by atoms with Crippen LogP contribution < -0.4 is 5.32 Å². The molecular weight excluding hydrogens is 256 g/mol. The highest BCUT2D eigenvalue weighted by Crippen LogP contribution is 2.20. The summed E-state index contributed by atoms with van der Waals surface area (Å²) >= 11 is 0. The number of carbonyl (C=O) groups excluding carboxylic acids is 2. The molecule has 2 aliphatic heterocycles. The largest absolute Gasteiger partial charge is 0.376 e. The summed E-state index contributed by atoms with van der Waals surface area (Å²) in [4.78, 5) is 26.5. The molecule has 3 atom stereocenters. The zero-order valence-electron chi connectivity index (χ0n) is 12.6. The second-order valence-electron chi connectivity index (χ2n) is 5.75. The molecule has 3 unspecified atom stereocenters. The van der Waals surface area contributed by atoms with Gasteiger partial charge in [-0.2, -0.15) is 0 Å². The molecule has 2 aliphatic rings. The molecule has 114 valence electrons. The molecule has 0 spiro atoms. The quantitative estimate of drug-likeness (QED) is 0.830. The highest BCUT2D eigenvalue weighted by molar-refractivity contribution is 5.96. The minimum absolute atomic E-state index is 0.0126. The van der Waals surface area contributed by atoms with Crippen LogP contribution in [0.25, 0.3) is 0 Å². The van der Waals surface area contributed by atoms with Gasteiger partial charge in [-0.25, -0.2) is 0 Å². The van der Waals surface area contributed by atoms with Crippen molar-refractivity contribution in [1.29, 1.82) is 0 Å². The second kappa shape index (κ2) is 7.07. The summed E-state index contributed by atoms with van der Waals surface area (Å²) in [5.41, 5.74) is 0. The number of rotatable bonds is 5. The molecule has 0 aromatic heterocycles. The van der Waals surface area contributed by atoms with E-state index in [1.54, 1.807) is 4.90 Å². The Labute approximate surface area is 121 Å². The van der Waals surface area contributed by atoms with Crippen molar-refractivity contribution in [3.8, 4) is 0 Å². The highest BCUT2D eigenvalue weighted by Gasteiger charge is 2.40. The summed E-state index contributed by atoms with van der Waals surface area (Å²) < 4.78 is 5.73.